The number of carbonyl (C=O) groups excluding carboxylic acids is 2. The van der Waals surface area contributed by atoms with Gasteiger partial charge in [0.15, 0.2) is 0 Å². The Morgan fingerprint density at radius 3 is 2.19 bits per heavy atom. The molecule has 11 nitrogen and oxygen atoms in total. The number of halogens is 5. The molecule has 0 spiro atoms. The number of hydrogen-bond donors (Lipinski definition) is 3. The van der Waals surface area contributed by atoms with E-state index in [1.807, 2.05) is 0 Å². The highest BCUT2D eigenvalue weighted by atomic mass is 19.4. The molecule has 2 amide bonds. The summed E-state index contributed by atoms with van der Waals surface area (Å²) < 4.78 is 70.2. The predicted molar refractivity (Wildman–Crippen MR) is 136 cm³/mol. The number of aromatic nitrogens is 6. The summed E-state index contributed by atoms with van der Waals surface area (Å²) >= 11 is 0. The van der Waals surface area contributed by atoms with Gasteiger partial charge in [0, 0.05) is 22.9 Å². The summed E-state index contributed by atoms with van der Waals surface area (Å²) in [6, 6.07) is 14.8. The first-order valence-corrected chi connectivity index (χ1v) is 11.9. The molecule has 214 valence electrons. The van der Waals surface area contributed by atoms with Crippen molar-refractivity contribution in [3.63, 3.8) is 0 Å². The van der Waals surface area contributed by atoms with E-state index in [4.69, 9.17) is 0 Å². The van der Waals surface area contributed by atoms with E-state index in [0.717, 1.165) is 24.3 Å². The third-order valence-electron chi connectivity index (χ3n) is 5.64. The SMILES string of the molecule is O=C(Nc1nn[nH]n1)c1ccc(Cn2nc(-c3cc(F)cc(F)c3)cc2C(=O)Nc2ccc(OC(F)(F)F)cc2)cc1. The standard InChI is InChI=1S/C26H17F5N8O3/c27-17-9-16(10-18(28)11-17)21-12-22(24(41)32-19-5-7-20(8-6-19)42-26(29,30)31)39(36-21)13-14-1-3-15(4-2-14)23(40)33-25-34-37-38-35-25/h1-12H,13H2,(H,32,41)(H2,33,34,35,37,38,40). The number of amides is 2. The fourth-order valence-corrected chi connectivity index (χ4v) is 3.82. The van der Waals surface area contributed by atoms with Gasteiger partial charge in [0.1, 0.15) is 23.1 Å². The van der Waals surface area contributed by atoms with Crippen LogP contribution in [0.5, 0.6) is 5.75 Å². The van der Waals surface area contributed by atoms with Crippen LogP contribution >= 0.6 is 0 Å². The molecule has 2 aromatic heterocycles. The first kappa shape index (κ1) is 27.9. The van der Waals surface area contributed by atoms with Crippen molar-refractivity contribution in [3.8, 4) is 17.0 Å². The Hall–Kier alpha value is -5.67. The van der Waals surface area contributed by atoms with Gasteiger partial charge in [-0.1, -0.05) is 17.2 Å². The lowest BCUT2D eigenvalue weighted by molar-refractivity contribution is -0.274. The molecule has 0 atom stereocenters. The van der Waals surface area contributed by atoms with Gasteiger partial charge in [0.05, 0.1) is 12.2 Å². The molecule has 0 bridgehead atoms. The van der Waals surface area contributed by atoms with Crippen molar-refractivity contribution < 1.29 is 36.3 Å². The highest BCUT2D eigenvalue weighted by Gasteiger charge is 2.31. The van der Waals surface area contributed by atoms with Gasteiger partial charge in [-0.15, -0.1) is 18.3 Å². The molecule has 3 N–H and O–H groups in total. The predicted octanol–water partition coefficient (Wildman–Crippen LogP) is 4.79. The maximum Gasteiger partial charge on any atom is 0.573 e. The average molecular weight is 584 g/mol. The van der Waals surface area contributed by atoms with E-state index >= 15 is 0 Å². The minimum absolute atomic E-state index is 0.00561. The number of rotatable bonds is 8. The van der Waals surface area contributed by atoms with Crippen molar-refractivity contribution in [2.45, 2.75) is 12.9 Å². The summed E-state index contributed by atoms with van der Waals surface area (Å²) in [6.45, 7) is 0.00561. The molecule has 42 heavy (non-hydrogen) atoms. The number of alkyl halides is 3. The molecule has 3 aromatic carbocycles. The Balaban J connectivity index is 1.39. The van der Waals surface area contributed by atoms with Gasteiger partial charge in [-0.2, -0.15) is 10.3 Å². The van der Waals surface area contributed by atoms with Gasteiger partial charge in [-0.05, 0) is 65.4 Å². The monoisotopic (exact) mass is 584 g/mol. The summed E-state index contributed by atoms with van der Waals surface area (Å²) in [5.74, 6) is -3.38. The number of nitrogens with zero attached hydrogens (tertiary/aromatic N) is 5. The summed E-state index contributed by atoms with van der Waals surface area (Å²) in [5, 5.41) is 22.2. The second-order valence-corrected chi connectivity index (χ2v) is 8.64. The molecule has 0 saturated heterocycles. The lowest BCUT2D eigenvalue weighted by atomic mass is 10.1. The fourth-order valence-electron chi connectivity index (χ4n) is 3.82. The molecular formula is C26H17F5N8O3. The number of anilines is 2. The largest absolute Gasteiger partial charge is 0.573 e. The van der Waals surface area contributed by atoms with E-state index in [1.165, 1.54) is 35.0 Å². The van der Waals surface area contributed by atoms with E-state index in [9.17, 15) is 31.5 Å². The number of nitrogens with one attached hydrogen (secondary N) is 3. The summed E-state index contributed by atoms with van der Waals surface area (Å²) in [6.07, 6.45) is -4.87. The van der Waals surface area contributed by atoms with Crippen LogP contribution < -0.4 is 15.4 Å². The number of carbonyl (C=O) groups is 2. The topological polar surface area (TPSA) is 140 Å². The Kier molecular flexibility index (Phi) is 7.59. The minimum atomic E-state index is -4.87. The summed E-state index contributed by atoms with van der Waals surface area (Å²) in [5.41, 5.74) is 1.16. The quantitative estimate of drug-likeness (QED) is 0.223. The average Bonchev–Trinajstić information content (AvgIpc) is 3.59. The van der Waals surface area contributed by atoms with Crippen molar-refractivity contribution in [1.29, 1.82) is 0 Å². The molecule has 0 aliphatic carbocycles. The van der Waals surface area contributed by atoms with Gasteiger partial charge >= 0.3 is 6.36 Å². The lowest BCUT2D eigenvalue weighted by Gasteiger charge is -2.11. The third kappa shape index (κ3) is 6.90. The van der Waals surface area contributed by atoms with Gasteiger partial charge in [0.2, 0.25) is 0 Å². The summed E-state index contributed by atoms with van der Waals surface area (Å²) in [4.78, 5) is 25.6. The highest BCUT2D eigenvalue weighted by molar-refractivity contribution is 6.04. The van der Waals surface area contributed by atoms with Crippen LogP contribution in [-0.2, 0) is 6.54 Å². The lowest BCUT2D eigenvalue weighted by Crippen LogP contribution is -2.19. The zero-order valence-corrected chi connectivity index (χ0v) is 21.0. The molecule has 2 heterocycles. The smallest absolute Gasteiger partial charge is 0.406 e. The van der Waals surface area contributed by atoms with Crippen molar-refractivity contribution in [2.75, 3.05) is 10.6 Å². The van der Waals surface area contributed by atoms with Crippen molar-refractivity contribution in [2.24, 2.45) is 0 Å². The van der Waals surface area contributed by atoms with Crippen LogP contribution in [0.1, 0.15) is 26.4 Å². The molecule has 0 unspecified atom stereocenters. The molecule has 5 aromatic rings. The van der Waals surface area contributed by atoms with Crippen LogP contribution in [-0.4, -0.2) is 48.6 Å². The molecule has 0 fully saturated rings. The minimum Gasteiger partial charge on any atom is -0.406 e. The number of benzene rings is 3. The van der Waals surface area contributed by atoms with Crippen LogP contribution in [0.3, 0.4) is 0 Å². The maximum absolute atomic E-state index is 13.9. The molecule has 0 radical (unpaired) electrons. The molecule has 0 aliphatic heterocycles. The van der Waals surface area contributed by atoms with Gasteiger partial charge in [-0.25, -0.2) is 8.78 Å². The Morgan fingerprint density at radius 2 is 1.57 bits per heavy atom. The van der Waals surface area contributed by atoms with Crippen LogP contribution in [0.4, 0.5) is 33.6 Å². The third-order valence-corrected chi connectivity index (χ3v) is 5.64. The Labute approximate surface area is 232 Å². The van der Waals surface area contributed by atoms with E-state index in [2.05, 4.69) is 41.1 Å². The molecular weight excluding hydrogens is 567 g/mol. The molecule has 0 aliphatic rings. The highest BCUT2D eigenvalue weighted by Crippen LogP contribution is 2.26. The molecule has 0 saturated carbocycles. The number of H-pyrrole nitrogens is 1. The normalized spacial score (nSPS) is 11.3. The first-order chi connectivity index (χ1) is 20.0. The second-order valence-electron chi connectivity index (χ2n) is 8.64. The van der Waals surface area contributed by atoms with Crippen LogP contribution in [0.15, 0.2) is 72.8 Å². The second kappa shape index (κ2) is 11.4. The maximum atomic E-state index is 13.9. The van der Waals surface area contributed by atoms with Crippen molar-refractivity contribution in [1.82, 2.24) is 30.4 Å². The fraction of sp³-hybridized carbons (Fsp3) is 0.0769. The zero-order valence-electron chi connectivity index (χ0n) is 21.0. The molecule has 16 heteroatoms. The van der Waals surface area contributed by atoms with Crippen LogP contribution in [0.25, 0.3) is 11.3 Å². The van der Waals surface area contributed by atoms with Gasteiger partial charge < -0.3 is 10.1 Å². The van der Waals surface area contributed by atoms with Gasteiger partial charge in [0.25, 0.3) is 17.8 Å². The van der Waals surface area contributed by atoms with E-state index < -0.39 is 35.6 Å². The summed E-state index contributed by atoms with van der Waals surface area (Å²) in [7, 11) is 0. The van der Waals surface area contributed by atoms with Crippen LogP contribution in [0.2, 0.25) is 0 Å². The number of aromatic amines is 1. The molecule has 5 rings (SSSR count). The van der Waals surface area contributed by atoms with Gasteiger partial charge in [-0.3, -0.25) is 19.6 Å². The van der Waals surface area contributed by atoms with Crippen molar-refractivity contribution >= 4 is 23.5 Å². The number of hydrogen-bond acceptors (Lipinski definition) is 7. The number of ether oxygens (including phenoxy) is 1. The van der Waals surface area contributed by atoms with Crippen molar-refractivity contribution in [3.05, 3.63) is 101 Å². The van der Waals surface area contributed by atoms with E-state index in [0.29, 0.717) is 11.6 Å². The Bertz CT molecular complexity index is 1700. The number of tetrazole rings is 1. The van der Waals surface area contributed by atoms with E-state index in [-0.39, 0.29) is 40.7 Å². The first-order valence-electron chi connectivity index (χ1n) is 11.9. The Morgan fingerprint density at radius 1 is 0.881 bits per heavy atom. The zero-order chi connectivity index (χ0) is 29.9. The van der Waals surface area contributed by atoms with E-state index in [1.54, 1.807) is 12.1 Å². The van der Waals surface area contributed by atoms with Crippen LogP contribution in [0, 0.1) is 11.6 Å².